The second-order valence-electron chi connectivity index (χ2n) is 20.0. The van der Waals surface area contributed by atoms with Crippen molar-refractivity contribution in [3.63, 3.8) is 0 Å². The van der Waals surface area contributed by atoms with Crippen LogP contribution in [0.3, 0.4) is 0 Å². The molecule has 8 atom stereocenters. The number of aryl methyl sites for hydroxylation is 2. The second kappa shape index (κ2) is 28.3. The molecule has 2 aliphatic carbocycles. The Kier molecular flexibility index (Phi) is 22.6. The van der Waals surface area contributed by atoms with Crippen LogP contribution in [0.2, 0.25) is 0 Å². The number of Topliss-reactive ketones (excluding diaryl/α,β-unsaturated/α-hetero) is 2. The fourth-order valence-electron chi connectivity index (χ4n) is 10.8. The van der Waals surface area contributed by atoms with E-state index in [1.165, 1.54) is 11.1 Å². The van der Waals surface area contributed by atoms with Crippen molar-refractivity contribution >= 4 is 71.8 Å². The Labute approximate surface area is 448 Å². The maximum atomic E-state index is 14.3. The van der Waals surface area contributed by atoms with Crippen LogP contribution in [0.5, 0.6) is 0 Å². The highest BCUT2D eigenvalue weighted by Gasteiger charge is 2.41. The van der Waals surface area contributed by atoms with Gasteiger partial charge in [0.2, 0.25) is 35.4 Å². The number of carbonyl (C=O) groups is 8. The van der Waals surface area contributed by atoms with Gasteiger partial charge in [-0.3, -0.25) is 38.4 Å². The Bertz CT molecular complexity index is 2310. The Morgan fingerprint density at radius 3 is 1.35 bits per heavy atom. The van der Waals surface area contributed by atoms with E-state index in [2.05, 4.69) is 44.0 Å². The van der Waals surface area contributed by atoms with Gasteiger partial charge in [-0.1, -0.05) is 66.7 Å². The van der Waals surface area contributed by atoms with Gasteiger partial charge in [-0.15, -0.1) is 24.8 Å². The quantitative estimate of drug-likeness (QED) is 0.0667. The van der Waals surface area contributed by atoms with Crippen molar-refractivity contribution < 1.29 is 38.4 Å². The van der Waals surface area contributed by atoms with E-state index in [1.54, 1.807) is 62.0 Å². The molecule has 2 aliphatic heterocycles. The number of hydrogen-bond donors (Lipinski definition) is 6. The molecule has 74 heavy (non-hydrogen) atoms. The molecule has 3 aromatic rings. The SMILES string of the molecule is CN[C@@H](C)C(=O)N[C@@H](CCCC(=O)c1cccc(C(=O)CCC[C@H](NC(=O)[C@H](C)NC)C(=O)N2CCC[C@H]2C(=O)N[C@@H]2CCCc3ccccc32)c1)C(=O)N1CCC[C@H]1C(=O)N[C@@H]1CCCc2ccccc21.Cl.Cl. The van der Waals surface area contributed by atoms with Gasteiger partial charge in [0, 0.05) is 37.1 Å². The Morgan fingerprint density at radius 1 is 0.541 bits per heavy atom. The summed E-state index contributed by atoms with van der Waals surface area (Å²) < 4.78 is 0. The van der Waals surface area contributed by atoms with Crippen LogP contribution in [0.15, 0.2) is 72.8 Å². The normalized spacial score (nSPS) is 20.4. The Balaban J connectivity index is 0.00000507. The number of carbonyl (C=O) groups excluding carboxylic acids is 8. The summed E-state index contributed by atoms with van der Waals surface area (Å²) in [6.07, 6.45) is 8.69. The zero-order valence-electron chi connectivity index (χ0n) is 43.3. The third-order valence-electron chi connectivity index (χ3n) is 15.2. The molecule has 7 rings (SSSR count). The number of halogens is 2. The highest BCUT2D eigenvalue weighted by molar-refractivity contribution is 6.01. The first-order valence-corrected chi connectivity index (χ1v) is 26.3. The van der Waals surface area contributed by atoms with Crippen molar-refractivity contribution in [2.75, 3.05) is 27.2 Å². The van der Waals surface area contributed by atoms with Crippen LogP contribution < -0.4 is 31.9 Å². The van der Waals surface area contributed by atoms with Crippen molar-refractivity contribution in [2.45, 2.75) is 165 Å². The lowest BCUT2D eigenvalue weighted by Crippen LogP contribution is -2.55. The molecule has 6 amide bonds. The van der Waals surface area contributed by atoms with Gasteiger partial charge in [0.25, 0.3) is 0 Å². The first-order valence-electron chi connectivity index (χ1n) is 26.3. The van der Waals surface area contributed by atoms with Crippen LogP contribution in [-0.2, 0) is 41.6 Å². The fourth-order valence-corrected chi connectivity index (χ4v) is 10.8. The van der Waals surface area contributed by atoms with Crippen LogP contribution >= 0.6 is 24.8 Å². The fraction of sp³-hybridized carbons (Fsp3) is 0.536. The van der Waals surface area contributed by atoms with E-state index in [0.29, 0.717) is 49.9 Å². The number of fused-ring (bicyclic) bond motifs is 2. The highest BCUT2D eigenvalue weighted by atomic mass is 35.5. The third kappa shape index (κ3) is 14.8. The standard InChI is InChI=1S/C56H74N8O8.2ClH/c1-35(57-3)51(67)61-45(55(71)63-32-14-28-47(63)53(69)59-43-24-10-18-37-16-5-7-22-41(37)43)26-12-30-49(65)39-20-9-21-40(34-39)50(66)31-13-27-46(62-52(68)36(2)58-4)56(72)64-33-15-29-48(64)54(70)60-44-25-11-19-38-17-6-8-23-42(38)44;;/h5-9,16-17,20-23,34-36,43-48,57-58H,10-15,18-19,24-33H2,1-4H3,(H,59,69)(H,60,70)(H,61,67)(H,62,68);2*1H/t35-,36-,43+,44+,45-,46-,47-,48-;;/m0../s1. The molecular formula is C56H76Cl2N8O8. The number of nitrogens with one attached hydrogen (secondary N) is 6. The third-order valence-corrected chi connectivity index (χ3v) is 15.2. The molecule has 0 bridgehead atoms. The van der Waals surface area contributed by atoms with Crippen molar-refractivity contribution in [2.24, 2.45) is 0 Å². The number of hydrogen-bond acceptors (Lipinski definition) is 10. The van der Waals surface area contributed by atoms with Crippen LogP contribution in [0.4, 0.5) is 0 Å². The number of ketones is 2. The average molecular weight is 1060 g/mol. The van der Waals surface area contributed by atoms with Crippen LogP contribution in [-0.4, -0.2) is 120 Å². The van der Waals surface area contributed by atoms with Gasteiger partial charge in [0.1, 0.15) is 24.2 Å². The summed E-state index contributed by atoms with van der Waals surface area (Å²) in [5.74, 6) is -2.36. The number of benzene rings is 3. The summed E-state index contributed by atoms with van der Waals surface area (Å²) in [4.78, 5) is 113. The average Bonchev–Trinajstić information content (AvgIpc) is 4.11. The molecular weight excluding hydrogens is 984 g/mol. The van der Waals surface area contributed by atoms with Crippen LogP contribution in [0, 0.1) is 0 Å². The minimum absolute atomic E-state index is 0. The van der Waals surface area contributed by atoms with Crippen molar-refractivity contribution in [3.8, 4) is 0 Å². The number of amides is 6. The molecule has 18 heteroatoms. The molecule has 0 radical (unpaired) electrons. The van der Waals surface area contributed by atoms with Gasteiger partial charge in [-0.05, 0) is 146 Å². The van der Waals surface area contributed by atoms with E-state index in [-0.39, 0.29) is 122 Å². The van der Waals surface area contributed by atoms with E-state index in [1.807, 2.05) is 36.4 Å². The van der Waals surface area contributed by atoms with E-state index in [0.717, 1.165) is 49.7 Å². The molecule has 2 saturated heterocycles. The van der Waals surface area contributed by atoms with Gasteiger partial charge < -0.3 is 41.7 Å². The minimum atomic E-state index is -0.965. The van der Waals surface area contributed by atoms with Gasteiger partial charge in [0.15, 0.2) is 11.6 Å². The molecule has 2 heterocycles. The van der Waals surface area contributed by atoms with E-state index in [9.17, 15) is 38.4 Å². The predicted molar refractivity (Wildman–Crippen MR) is 288 cm³/mol. The zero-order valence-corrected chi connectivity index (χ0v) is 44.9. The number of nitrogens with zero attached hydrogens (tertiary/aromatic N) is 2. The molecule has 2 fully saturated rings. The number of likely N-dealkylation sites (N-methyl/N-ethyl adjacent to an activating group) is 2. The molecule has 16 nitrogen and oxygen atoms in total. The van der Waals surface area contributed by atoms with Gasteiger partial charge in [0.05, 0.1) is 24.2 Å². The number of rotatable bonds is 22. The van der Waals surface area contributed by atoms with E-state index < -0.39 is 36.3 Å². The molecule has 3 aromatic carbocycles. The van der Waals surface area contributed by atoms with Crippen molar-refractivity contribution in [1.82, 2.24) is 41.7 Å². The van der Waals surface area contributed by atoms with Gasteiger partial charge in [-0.25, -0.2) is 0 Å². The van der Waals surface area contributed by atoms with E-state index in [4.69, 9.17) is 0 Å². The number of likely N-dealkylation sites (tertiary alicyclic amines) is 2. The first kappa shape index (κ1) is 59.2. The smallest absolute Gasteiger partial charge is 0.245 e. The molecule has 6 N–H and O–H groups in total. The van der Waals surface area contributed by atoms with Crippen LogP contribution in [0.1, 0.15) is 159 Å². The molecule has 0 spiro atoms. The zero-order chi connectivity index (χ0) is 51.3. The summed E-state index contributed by atoms with van der Waals surface area (Å²) in [5.41, 5.74) is 5.30. The monoisotopic (exact) mass is 1060 g/mol. The lowest BCUT2D eigenvalue weighted by molar-refractivity contribution is -0.142. The molecule has 0 aromatic heterocycles. The predicted octanol–water partition coefficient (Wildman–Crippen LogP) is 5.79. The summed E-state index contributed by atoms with van der Waals surface area (Å²) in [7, 11) is 3.30. The lowest BCUT2D eigenvalue weighted by atomic mass is 9.87. The van der Waals surface area contributed by atoms with Crippen molar-refractivity contribution in [3.05, 3.63) is 106 Å². The summed E-state index contributed by atoms with van der Waals surface area (Å²) >= 11 is 0. The van der Waals surface area contributed by atoms with Crippen molar-refractivity contribution in [1.29, 1.82) is 0 Å². The van der Waals surface area contributed by atoms with Gasteiger partial charge in [-0.2, -0.15) is 0 Å². The second-order valence-corrected chi connectivity index (χ2v) is 20.0. The highest BCUT2D eigenvalue weighted by Crippen LogP contribution is 2.32. The Morgan fingerprint density at radius 2 is 0.946 bits per heavy atom. The maximum Gasteiger partial charge on any atom is 0.245 e. The van der Waals surface area contributed by atoms with E-state index >= 15 is 0 Å². The van der Waals surface area contributed by atoms with Gasteiger partial charge >= 0.3 is 0 Å². The molecule has 4 aliphatic rings. The topological polar surface area (TPSA) is 215 Å². The summed E-state index contributed by atoms with van der Waals surface area (Å²) in [5, 5.41) is 18.0. The Hall–Kier alpha value is -5.68. The summed E-state index contributed by atoms with van der Waals surface area (Å²) in [6.45, 7) is 4.13. The maximum absolute atomic E-state index is 14.3. The minimum Gasteiger partial charge on any atom is -0.347 e. The molecule has 402 valence electrons. The largest absolute Gasteiger partial charge is 0.347 e. The summed E-state index contributed by atoms with van der Waals surface area (Å²) in [6, 6.07) is 18.0. The lowest BCUT2D eigenvalue weighted by Gasteiger charge is -2.32. The molecule has 0 saturated carbocycles. The first-order chi connectivity index (χ1) is 34.8. The molecule has 0 unspecified atom stereocenters. The van der Waals surface area contributed by atoms with Crippen LogP contribution in [0.25, 0.3) is 0 Å².